The summed E-state index contributed by atoms with van der Waals surface area (Å²) in [5, 5.41) is 19.6. The fourth-order valence-corrected chi connectivity index (χ4v) is 1.71. The Morgan fingerprint density at radius 2 is 2.17 bits per heavy atom. The number of fused-ring (bicyclic) bond motifs is 1. The lowest BCUT2D eigenvalue weighted by atomic mass is 10.0. The number of aromatic amines is 1. The lowest BCUT2D eigenvalue weighted by molar-refractivity contribution is 0.0913. The molecule has 0 saturated carbocycles. The highest BCUT2D eigenvalue weighted by Gasteiger charge is 2.18. The molecule has 0 aliphatic carbocycles. The van der Waals surface area contributed by atoms with E-state index in [1.54, 1.807) is 0 Å². The van der Waals surface area contributed by atoms with Crippen LogP contribution in [0.1, 0.15) is 24.3 Å². The van der Waals surface area contributed by atoms with Crippen molar-refractivity contribution in [2.75, 3.05) is 6.61 Å². The van der Waals surface area contributed by atoms with Gasteiger partial charge in [-0.15, -0.1) is 0 Å². The summed E-state index contributed by atoms with van der Waals surface area (Å²) >= 11 is 0. The predicted molar refractivity (Wildman–Crippen MR) is 69.3 cm³/mol. The first-order chi connectivity index (χ1) is 8.63. The van der Waals surface area contributed by atoms with Crippen molar-refractivity contribution in [1.29, 1.82) is 0 Å². The van der Waals surface area contributed by atoms with Crippen molar-refractivity contribution in [1.82, 2.24) is 15.5 Å². The molecule has 1 aromatic carbocycles. The van der Waals surface area contributed by atoms with Crippen LogP contribution in [0, 0.1) is 5.92 Å². The highest BCUT2D eigenvalue weighted by atomic mass is 16.3. The third kappa shape index (κ3) is 2.36. The van der Waals surface area contributed by atoms with E-state index in [0.717, 1.165) is 10.9 Å². The van der Waals surface area contributed by atoms with Crippen LogP contribution < -0.4 is 5.32 Å². The van der Waals surface area contributed by atoms with Crippen molar-refractivity contribution in [2.24, 2.45) is 5.92 Å². The van der Waals surface area contributed by atoms with E-state index in [2.05, 4.69) is 15.5 Å². The van der Waals surface area contributed by atoms with Gasteiger partial charge in [-0.05, 0) is 18.9 Å². The Kier molecular flexibility index (Phi) is 3.62. The third-order valence-electron chi connectivity index (χ3n) is 3.19. The van der Waals surface area contributed by atoms with Gasteiger partial charge in [-0.2, -0.15) is 5.10 Å². The van der Waals surface area contributed by atoms with Crippen LogP contribution in [-0.4, -0.2) is 33.9 Å². The molecule has 0 fully saturated rings. The quantitative estimate of drug-likeness (QED) is 0.762. The number of nitrogens with zero attached hydrogens (tertiary/aromatic N) is 1. The van der Waals surface area contributed by atoms with E-state index >= 15 is 0 Å². The Morgan fingerprint density at radius 3 is 2.89 bits per heavy atom. The SMILES string of the molecule is CC(CO)C(C)NC(=O)c1n[nH]c2ccccc12. The summed E-state index contributed by atoms with van der Waals surface area (Å²) in [5.74, 6) is -0.209. The van der Waals surface area contributed by atoms with Gasteiger partial charge in [0.05, 0.1) is 5.52 Å². The maximum Gasteiger partial charge on any atom is 0.272 e. The Bertz CT molecular complexity index is 550. The van der Waals surface area contributed by atoms with Gasteiger partial charge in [-0.25, -0.2) is 0 Å². The normalized spacial score (nSPS) is 14.4. The fourth-order valence-electron chi connectivity index (χ4n) is 1.71. The Morgan fingerprint density at radius 1 is 1.44 bits per heavy atom. The Hall–Kier alpha value is -1.88. The monoisotopic (exact) mass is 247 g/mol. The number of amides is 1. The highest BCUT2D eigenvalue weighted by molar-refractivity contribution is 6.04. The molecule has 3 N–H and O–H groups in total. The van der Waals surface area contributed by atoms with E-state index in [9.17, 15) is 4.79 Å². The van der Waals surface area contributed by atoms with Crippen LogP contribution >= 0.6 is 0 Å². The molecule has 1 amide bonds. The van der Waals surface area contributed by atoms with Gasteiger partial charge >= 0.3 is 0 Å². The molecule has 2 atom stereocenters. The summed E-state index contributed by atoms with van der Waals surface area (Å²) in [4.78, 5) is 12.1. The zero-order valence-electron chi connectivity index (χ0n) is 10.5. The molecule has 2 aromatic rings. The number of H-pyrrole nitrogens is 1. The molecule has 2 unspecified atom stereocenters. The summed E-state index contributed by atoms with van der Waals surface area (Å²) < 4.78 is 0. The molecule has 0 aliphatic rings. The number of benzene rings is 1. The summed E-state index contributed by atoms with van der Waals surface area (Å²) in [6, 6.07) is 7.39. The number of para-hydroxylation sites is 1. The number of aliphatic hydroxyl groups is 1. The molecule has 0 aliphatic heterocycles. The number of aromatic nitrogens is 2. The summed E-state index contributed by atoms with van der Waals surface area (Å²) in [6.07, 6.45) is 0. The molecule has 5 nitrogen and oxygen atoms in total. The van der Waals surface area contributed by atoms with Gasteiger partial charge in [-0.3, -0.25) is 9.89 Å². The zero-order valence-corrected chi connectivity index (χ0v) is 10.5. The second kappa shape index (κ2) is 5.18. The van der Waals surface area contributed by atoms with Crippen molar-refractivity contribution in [3.8, 4) is 0 Å². The molecule has 96 valence electrons. The fraction of sp³-hybridized carbons (Fsp3) is 0.385. The van der Waals surface area contributed by atoms with Crippen molar-refractivity contribution < 1.29 is 9.90 Å². The molecule has 0 radical (unpaired) electrons. The van der Waals surface area contributed by atoms with Crippen LogP contribution in [0.15, 0.2) is 24.3 Å². The largest absolute Gasteiger partial charge is 0.396 e. The average Bonchev–Trinajstić information content (AvgIpc) is 2.81. The topological polar surface area (TPSA) is 78.0 Å². The molecule has 0 saturated heterocycles. The molecule has 2 rings (SSSR count). The lowest BCUT2D eigenvalue weighted by Gasteiger charge is -2.18. The highest BCUT2D eigenvalue weighted by Crippen LogP contribution is 2.15. The van der Waals surface area contributed by atoms with Crippen molar-refractivity contribution in [3.63, 3.8) is 0 Å². The van der Waals surface area contributed by atoms with Gasteiger partial charge in [0, 0.05) is 18.0 Å². The van der Waals surface area contributed by atoms with E-state index in [1.807, 2.05) is 38.1 Å². The number of rotatable bonds is 4. The summed E-state index contributed by atoms with van der Waals surface area (Å²) in [7, 11) is 0. The molecule has 18 heavy (non-hydrogen) atoms. The maximum atomic E-state index is 12.1. The van der Waals surface area contributed by atoms with Crippen LogP contribution in [0.3, 0.4) is 0 Å². The third-order valence-corrected chi connectivity index (χ3v) is 3.19. The van der Waals surface area contributed by atoms with Gasteiger partial charge in [0.15, 0.2) is 5.69 Å². The molecule has 0 bridgehead atoms. The van der Waals surface area contributed by atoms with Crippen LogP contribution in [-0.2, 0) is 0 Å². The first kappa shape index (κ1) is 12.6. The second-order valence-corrected chi connectivity index (χ2v) is 4.54. The average molecular weight is 247 g/mol. The first-order valence-corrected chi connectivity index (χ1v) is 5.98. The lowest BCUT2D eigenvalue weighted by Crippen LogP contribution is -2.38. The zero-order chi connectivity index (χ0) is 13.1. The van der Waals surface area contributed by atoms with Crippen LogP contribution in [0.4, 0.5) is 0 Å². The van der Waals surface area contributed by atoms with Gasteiger partial charge in [0.2, 0.25) is 0 Å². The minimum absolute atomic E-state index is 0.0131. The standard InChI is InChI=1S/C13H17N3O2/c1-8(7-17)9(2)14-13(18)12-10-5-3-4-6-11(10)15-16-12/h3-6,8-9,17H,7H2,1-2H3,(H,14,18)(H,15,16). The molecular weight excluding hydrogens is 230 g/mol. The molecule has 0 spiro atoms. The van der Waals surface area contributed by atoms with Crippen LogP contribution in [0.5, 0.6) is 0 Å². The van der Waals surface area contributed by atoms with Gasteiger partial charge in [0.25, 0.3) is 5.91 Å². The molecule has 5 heteroatoms. The van der Waals surface area contributed by atoms with Gasteiger partial charge < -0.3 is 10.4 Å². The van der Waals surface area contributed by atoms with Crippen molar-refractivity contribution in [3.05, 3.63) is 30.0 Å². The summed E-state index contributed by atoms with van der Waals surface area (Å²) in [5.41, 5.74) is 1.23. The number of hydrogen-bond donors (Lipinski definition) is 3. The predicted octanol–water partition coefficient (Wildman–Crippen LogP) is 1.31. The minimum atomic E-state index is -0.222. The van der Waals surface area contributed by atoms with Crippen LogP contribution in [0.25, 0.3) is 10.9 Å². The second-order valence-electron chi connectivity index (χ2n) is 4.54. The van der Waals surface area contributed by atoms with Crippen molar-refractivity contribution >= 4 is 16.8 Å². The van der Waals surface area contributed by atoms with E-state index in [-0.39, 0.29) is 24.5 Å². The number of carbonyl (C=O) groups excluding carboxylic acids is 1. The first-order valence-electron chi connectivity index (χ1n) is 5.98. The van der Waals surface area contributed by atoms with Crippen LogP contribution in [0.2, 0.25) is 0 Å². The molecular formula is C13H17N3O2. The summed E-state index contributed by atoms with van der Waals surface area (Å²) in [6.45, 7) is 3.80. The number of nitrogens with one attached hydrogen (secondary N) is 2. The van der Waals surface area contributed by atoms with E-state index < -0.39 is 0 Å². The molecule has 1 aromatic heterocycles. The Balaban J connectivity index is 2.19. The number of hydrogen-bond acceptors (Lipinski definition) is 3. The minimum Gasteiger partial charge on any atom is -0.396 e. The Labute approximate surface area is 105 Å². The smallest absolute Gasteiger partial charge is 0.272 e. The van der Waals surface area contributed by atoms with E-state index in [1.165, 1.54) is 0 Å². The van der Waals surface area contributed by atoms with Gasteiger partial charge in [-0.1, -0.05) is 25.1 Å². The van der Waals surface area contributed by atoms with E-state index in [0.29, 0.717) is 5.69 Å². The van der Waals surface area contributed by atoms with Gasteiger partial charge in [0.1, 0.15) is 0 Å². The number of carbonyl (C=O) groups is 1. The molecule has 1 heterocycles. The maximum absolute atomic E-state index is 12.1. The number of aliphatic hydroxyl groups excluding tert-OH is 1. The van der Waals surface area contributed by atoms with E-state index in [4.69, 9.17) is 5.11 Å². The van der Waals surface area contributed by atoms with Crippen molar-refractivity contribution in [2.45, 2.75) is 19.9 Å².